The number of ether oxygens (including phenoxy) is 1. The van der Waals surface area contributed by atoms with E-state index in [4.69, 9.17) is 34.3 Å². The summed E-state index contributed by atoms with van der Waals surface area (Å²) < 4.78 is 6.59. The molecule has 0 saturated heterocycles. The number of rotatable bonds is 3. The fourth-order valence-electron chi connectivity index (χ4n) is 1.54. The van der Waals surface area contributed by atoms with Crippen LogP contribution in [0.2, 0.25) is 5.02 Å². The molecule has 0 heterocycles. The van der Waals surface area contributed by atoms with Crippen molar-refractivity contribution in [3.63, 3.8) is 0 Å². The van der Waals surface area contributed by atoms with Crippen molar-refractivity contribution in [2.75, 3.05) is 0 Å². The lowest BCUT2D eigenvalue weighted by Crippen LogP contribution is -2.08. The molecule has 0 amide bonds. The van der Waals surface area contributed by atoms with Crippen LogP contribution in [0.5, 0.6) is 11.5 Å². The van der Waals surface area contributed by atoms with E-state index in [1.807, 2.05) is 43.3 Å². The molecule has 0 aliphatic heterocycles. The van der Waals surface area contributed by atoms with Crippen LogP contribution >= 0.6 is 39.7 Å². The summed E-state index contributed by atoms with van der Waals surface area (Å²) in [5, 5.41) is 0.718. The first-order chi connectivity index (χ1) is 8.97. The third kappa shape index (κ3) is 3.47. The molecule has 98 valence electrons. The highest BCUT2D eigenvalue weighted by molar-refractivity contribution is 9.10. The molecule has 0 aliphatic carbocycles. The van der Waals surface area contributed by atoms with Gasteiger partial charge < -0.3 is 10.5 Å². The summed E-state index contributed by atoms with van der Waals surface area (Å²) in [6.45, 7) is 1.93. The molecule has 0 aliphatic rings. The van der Waals surface area contributed by atoms with Gasteiger partial charge in [-0.1, -0.05) is 23.8 Å². The molecule has 2 aromatic carbocycles. The molecule has 0 spiro atoms. The average molecular weight is 357 g/mol. The predicted octanol–water partition coefficient (Wildman–Crippen LogP) is 4.84. The molecule has 2 aromatic rings. The minimum Gasteiger partial charge on any atom is -0.456 e. The van der Waals surface area contributed by atoms with Gasteiger partial charge >= 0.3 is 0 Å². The van der Waals surface area contributed by atoms with Crippen molar-refractivity contribution in [2.45, 2.75) is 6.92 Å². The summed E-state index contributed by atoms with van der Waals surface area (Å²) in [6, 6.07) is 11.0. The molecule has 2 nitrogen and oxygen atoms in total. The predicted molar refractivity (Wildman–Crippen MR) is 86.3 cm³/mol. The van der Waals surface area contributed by atoms with Crippen LogP contribution in [-0.4, -0.2) is 4.99 Å². The summed E-state index contributed by atoms with van der Waals surface area (Å²) in [6.07, 6.45) is 0. The van der Waals surface area contributed by atoms with E-state index in [1.54, 1.807) is 0 Å². The van der Waals surface area contributed by atoms with Crippen LogP contribution in [0.25, 0.3) is 0 Å². The Morgan fingerprint density at radius 1 is 1.26 bits per heavy atom. The molecule has 0 radical (unpaired) electrons. The lowest BCUT2D eigenvalue weighted by Gasteiger charge is -2.10. The third-order valence-corrected chi connectivity index (χ3v) is 3.85. The van der Waals surface area contributed by atoms with Crippen molar-refractivity contribution in [3.8, 4) is 11.5 Å². The molecule has 2 N–H and O–H groups in total. The lowest BCUT2D eigenvalue weighted by molar-refractivity contribution is 0.479. The van der Waals surface area contributed by atoms with Crippen molar-refractivity contribution in [1.29, 1.82) is 0 Å². The molecular weight excluding hydrogens is 346 g/mol. The van der Waals surface area contributed by atoms with Crippen LogP contribution in [0, 0.1) is 6.92 Å². The van der Waals surface area contributed by atoms with Gasteiger partial charge in [0, 0.05) is 10.6 Å². The molecule has 5 heteroatoms. The number of thiocarbonyl (C=S) groups is 1. The van der Waals surface area contributed by atoms with E-state index >= 15 is 0 Å². The Balaban J connectivity index is 2.28. The largest absolute Gasteiger partial charge is 0.456 e. The zero-order chi connectivity index (χ0) is 14.0. The second kappa shape index (κ2) is 5.90. The number of halogens is 2. The van der Waals surface area contributed by atoms with Crippen LogP contribution in [-0.2, 0) is 0 Å². The molecular formula is C14H11BrClNOS. The number of aryl methyl sites for hydroxylation is 1. The van der Waals surface area contributed by atoms with E-state index in [-0.39, 0.29) is 0 Å². The molecule has 0 atom stereocenters. The van der Waals surface area contributed by atoms with Crippen LogP contribution in [0.1, 0.15) is 11.1 Å². The fraction of sp³-hybridized carbons (Fsp3) is 0.0714. The Bertz CT molecular complexity index is 645. The zero-order valence-corrected chi connectivity index (χ0v) is 13.3. The van der Waals surface area contributed by atoms with Crippen LogP contribution in [0.3, 0.4) is 0 Å². The van der Waals surface area contributed by atoms with Gasteiger partial charge in [0.2, 0.25) is 0 Å². The summed E-state index contributed by atoms with van der Waals surface area (Å²) in [5.41, 5.74) is 7.34. The Hall–Kier alpha value is -1.10. The Morgan fingerprint density at radius 2 is 2.00 bits per heavy atom. The fourth-order valence-corrected chi connectivity index (χ4v) is 2.25. The smallest absolute Gasteiger partial charge is 0.141 e. The Morgan fingerprint density at radius 3 is 2.58 bits per heavy atom. The third-order valence-electron chi connectivity index (χ3n) is 2.57. The van der Waals surface area contributed by atoms with Crippen molar-refractivity contribution >= 4 is 44.7 Å². The van der Waals surface area contributed by atoms with E-state index in [2.05, 4.69) is 15.9 Å². The first-order valence-corrected chi connectivity index (χ1v) is 7.08. The van der Waals surface area contributed by atoms with E-state index in [9.17, 15) is 0 Å². The zero-order valence-electron chi connectivity index (χ0n) is 10.1. The maximum atomic E-state index is 5.98. The van der Waals surface area contributed by atoms with E-state index < -0.39 is 0 Å². The molecule has 0 fully saturated rings. The van der Waals surface area contributed by atoms with E-state index in [0.29, 0.717) is 10.7 Å². The van der Waals surface area contributed by atoms with Gasteiger partial charge in [-0.3, -0.25) is 0 Å². The summed E-state index contributed by atoms with van der Waals surface area (Å²) in [7, 11) is 0. The molecule has 0 unspecified atom stereocenters. The van der Waals surface area contributed by atoms with Gasteiger partial charge in [0.25, 0.3) is 0 Å². The van der Waals surface area contributed by atoms with Crippen molar-refractivity contribution < 1.29 is 4.74 Å². The minimum atomic E-state index is 0.356. The summed E-state index contributed by atoms with van der Waals surface area (Å²) in [4.78, 5) is 0.356. The summed E-state index contributed by atoms with van der Waals surface area (Å²) in [5.74, 6) is 1.42. The van der Waals surface area contributed by atoms with Crippen molar-refractivity contribution in [1.82, 2.24) is 0 Å². The lowest BCUT2D eigenvalue weighted by atomic mass is 10.2. The van der Waals surface area contributed by atoms with Crippen molar-refractivity contribution in [3.05, 3.63) is 57.0 Å². The van der Waals surface area contributed by atoms with Crippen LogP contribution in [0.15, 0.2) is 40.9 Å². The maximum Gasteiger partial charge on any atom is 0.141 e. The number of benzene rings is 2. The normalized spacial score (nSPS) is 10.3. The van der Waals surface area contributed by atoms with Crippen LogP contribution < -0.4 is 10.5 Å². The number of hydrogen-bond donors (Lipinski definition) is 1. The number of nitrogens with two attached hydrogens (primary N) is 1. The molecule has 0 aromatic heterocycles. The summed E-state index contributed by atoms with van der Waals surface area (Å²) >= 11 is 14.3. The molecule has 19 heavy (non-hydrogen) atoms. The quantitative estimate of drug-likeness (QED) is 0.799. The highest BCUT2D eigenvalue weighted by atomic mass is 79.9. The first-order valence-electron chi connectivity index (χ1n) is 5.51. The van der Waals surface area contributed by atoms with Gasteiger partial charge in [-0.25, -0.2) is 0 Å². The number of hydrogen-bond acceptors (Lipinski definition) is 2. The minimum absolute atomic E-state index is 0.356. The van der Waals surface area contributed by atoms with Gasteiger partial charge in [-0.15, -0.1) is 0 Å². The molecule has 2 rings (SSSR count). The highest BCUT2D eigenvalue weighted by Crippen LogP contribution is 2.32. The topological polar surface area (TPSA) is 35.2 Å². The van der Waals surface area contributed by atoms with Crippen molar-refractivity contribution in [2.24, 2.45) is 5.73 Å². The first kappa shape index (κ1) is 14.3. The monoisotopic (exact) mass is 355 g/mol. The van der Waals surface area contributed by atoms with Gasteiger partial charge in [0.05, 0.1) is 4.47 Å². The highest BCUT2D eigenvalue weighted by Gasteiger charge is 2.06. The molecule has 0 bridgehead atoms. The Kier molecular flexibility index (Phi) is 4.45. The maximum absolute atomic E-state index is 5.98. The average Bonchev–Trinajstić information content (AvgIpc) is 2.36. The SMILES string of the molecule is Cc1cc(Oc2ccc(C(N)=S)cc2Br)ccc1Cl. The standard InChI is InChI=1S/C14H11BrClNOS/c1-8-6-10(3-4-12(8)16)18-13-5-2-9(14(17)19)7-11(13)15/h2-7H,1H3,(H2,17,19). The van der Waals surface area contributed by atoms with Gasteiger partial charge in [0.1, 0.15) is 16.5 Å². The van der Waals surface area contributed by atoms with E-state index in [1.165, 1.54) is 0 Å². The second-order valence-corrected chi connectivity index (χ2v) is 5.72. The second-order valence-electron chi connectivity index (χ2n) is 4.02. The van der Waals surface area contributed by atoms with E-state index in [0.717, 1.165) is 26.4 Å². The molecule has 0 saturated carbocycles. The van der Waals surface area contributed by atoms with Gasteiger partial charge in [-0.2, -0.15) is 0 Å². The van der Waals surface area contributed by atoms with Gasteiger partial charge in [0.15, 0.2) is 0 Å². The Labute approximate surface area is 130 Å². The van der Waals surface area contributed by atoms with Crippen LogP contribution in [0.4, 0.5) is 0 Å². The van der Waals surface area contributed by atoms with Gasteiger partial charge in [-0.05, 0) is 64.8 Å².